The molecule has 2 aromatic rings. The number of nitrogens with one attached hydrogen (secondary N) is 1. The standard InChI is InChI=1S/C21H28ClF2N3O4/c1-12(25-13(2)28)10-29-14-4-6-15(7-5-14)31-21-26-20-17(22)8-16(30-11-19(23)24)9-18(20)27(21)3/h8-9,12,14-15,19H,4-7,10-11H2,1-3H3,(H,25,28)/t12-,14-,15-/m0/s1. The van der Waals surface area contributed by atoms with Crippen LogP contribution in [-0.4, -0.2) is 53.3 Å². The Bertz CT molecular complexity index is 900. The molecular formula is C21H28ClF2N3O4. The van der Waals surface area contributed by atoms with Crippen LogP contribution >= 0.6 is 11.6 Å². The molecule has 0 radical (unpaired) electrons. The minimum Gasteiger partial charge on any atom is -0.488 e. The summed E-state index contributed by atoms with van der Waals surface area (Å²) >= 11 is 6.27. The van der Waals surface area contributed by atoms with Gasteiger partial charge in [-0.1, -0.05) is 11.6 Å². The van der Waals surface area contributed by atoms with Crippen molar-refractivity contribution in [3.05, 3.63) is 17.2 Å². The fourth-order valence-electron chi connectivity index (χ4n) is 3.68. The second-order valence-corrected chi connectivity index (χ2v) is 8.29. The van der Waals surface area contributed by atoms with Crippen molar-refractivity contribution in [2.75, 3.05) is 13.2 Å². The number of fused-ring (bicyclic) bond motifs is 1. The van der Waals surface area contributed by atoms with Gasteiger partial charge < -0.3 is 19.5 Å². The number of benzene rings is 1. The second-order valence-electron chi connectivity index (χ2n) is 7.88. The number of nitrogens with zero attached hydrogens (tertiary/aromatic N) is 2. The lowest BCUT2D eigenvalue weighted by Crippen LogP contribution is -2.37. The van der Waals surface area contributed by atoms with Crippen molar-refractivity contribution in [1.82, 2.24) is 14.9 Å². The van der Waals surface area contributed by atoms with Crippen LogP contribution in [0.3, 0.4) is 0 Å². The zero-order valence-corrected chi connectivity index (χ0v) is 18.6. The lowest BCUT2D eigenvalue weighted by Gasteiger charge is -2.29. The van der Waals surface area contributed by atoms with Gasteiger partial charge in [-0.05, 0) is 32.6 Å². The Morgan fingerprint density at radius 3 is 2.58 bits per heavy atom. The third-order valence-electron chi connectivity index (χ3n) is 5.17. The maximum Gasteiger partial charge on any atom is 0.297 e. The first-order valence-corrected chi connectivity index (χ1v) is 10.7. The van der Waals surface area contributed by atoms with Gasteiger partial charge >= 0.3 is 0 Å². The minimum atomic E-state index is -2.56. The smallest absolute Gasteiger partial charge is 0.297 e. The van der Waals surface area contributed by atoms with E-state index in [9.17, 15) is 13.6 Å². The summed E-state index contributed by atoms with van der Waals surface area (Å²) in [4.78, 5) is 15.6. The van der Waals surface area contributed by atoms with Gasteiger partial charge in [0.05, 0.1) is 23.3 Å². The first-order chi connectivity index (χ1) is 14.7. The Balaban J connectivity index is 1.57. The number of rotatable bonds is 9. The number of halogens is 3. The van der Waals surface area contributed by atoms with Crippen LogP contribution < -0.4 is 14.8 Å². The first-order valence-electron chi connectivity index (χ1n) is 10.3. The maximum atomic E-state index is 12.4. The van der Waals surface area contributed by atoms with Gasteiger partial charge in [0.25, 0.3) is 12.4 Å². The van der Waals surface area contributed by atoms with E-state index in [0.29, 0.717) is 28.7 Å². The van der Waals surface area contributed by atoms with E-state index in [1.807, 2.05) is 6.92 Å². The summed E-state index contributed by atoms with van der Waals surface area (Å²) in [6, 6.07) is 3.51. The first kappa shape index (κ1) is 23.5. The fraction of sp³-hybridized carbons (Fsp3) is 0.619. The van der Waals surface area contributed by atoms with E-state index in [0.717, 1.165) is 25.7 Å². The van der Waals surface area contributed by atoms with Crippen LogP contribution in [-0.2, 0) is 16.6 Å². The number of ether oxygens (including phenoxy) is 3. The molecule has 1 aromatic carbocycles. The summed E-state index contributed by atoms with van der Waals surface area (Å²) in [5.41, 5.74) is 1.18. The molecule has 1 amide bonds. The topological polar surface area (TPSA) is 74.6 Å². The number of carbonyl (C=O) groups is 1. The van der Waals surface area contributed by atoms with Crippen molar-refractivity contribution in [2.45, 2.75) is 64.2 Å². The Kier molecular flexibility index (Phi) is 7.94. The number of imidazole rings is 1. The highest BCUT2D eigenvalue weighted by molar-refractivity contribution is 6.35. The molecule has 1 fully saturated rings. The number of amides is 1. The minimum absolute atomic E-state index is 0.00328. The zero-order valence-electron chi connectivity index (χ0n) is 17.9. The predicted molar refractivity (Wildman–Crippen MR) is 113 cm³/mol. The van der Waals surface area contributed by atoms with E-state index in [1.165, 1.54) is 13.0 Å². The van der Waals surface area contributed by atoms with E-state index in [4.69, 9.17) is 25.8 Å². The molecule has 1 heterocycles. The second kappa shape index (κ2) is 10.5. The third-order valence-corrected chi connectivity index (χ3v) is 5.46. The lowest BCUT2D eigenvalue weighted by molar-refractivity contribution is -0.120. The van der Waals surface area contributed by atoms with E-state index in [2.05, 4.69) is 10.3 Å². The summed E-state index contributed by atoms with van der Waals surface area (Å²) in [7, 11) is 1.79. The van der Waals surface area contributed by atoms with Gasteiger partial charge in [0.1, 0.15) is 24.0 Å². The van der Waals surface area contributed by atoms with Crippen LogP contribution in [0.5, 0.6) is 11.8 Å². The van der Waals surface area contributed by atoms with Crippen LogP contribution in [0, 0.1) is 0 Å². The highest BCUT2D eigenvalue weighted by atomic mass is 35.5. The van der Waals surface area contributed by atoms with E-state index in [-0.39, 0.29) is 29.9 Å². The summed E-state index contributed by atoms with van der Waals surface area (Å²) in [6.07, 6.45) is 0.920. The number of aryl methyl sites for hydroxylation is 1. The number of carbonyl (C=O) groups excluding carboxylic acids is 1. The molecule has 1 aromatic heterocycles. The molecule has 1 aliphatic rings. The molecule has 1 N–H and O–H groups in total. The molecule has 172 valence electrons. The van der Waals surface area contributed by atoms with Crippen LogP contribution in [0.1, 0.15) is 39.5 Å². The molecule has 10 heteroatoms. The highest BCUT2D eigenvalue weighted by Crippen LogP contribution is 2.33. The van der Waals surface area contributed by atoms with Gasteiger partial charge in [0.15, 0.2) is 0 Å². The Labute approximate surface area is 185 Å². The normalized spacial score (nSPS) is 20.1. The number of hydrogen-bond donors (Lipinski definition) is 1. The predicted octanol–water partition coefficient (Wildman–Crippen LogP) is 4.10. The van der Waals surface area contributed by atoms with Gasteiger partial charge in [0, 0.05) is 32.1 Å². The molecule has 1 saturated carbocycles. The molecule has 0 unspecified atom stereocenters. The van der Waals surface area contributed by atoms with Crippen molar-refractivity contribution < 1.29 is 27.8 Å². The van der Waals surface area contributed by atoms with Crippen LogP contribution in [0.25, 0.3) is 11.0 Å². The average Bonchev–Trinajstić information content (AvgIpc) is 3.02. The quantitative estimate of drug-likeness (QED) is 0.611. The van der Waals surface area contributed by atoms with Gasteiger partial charge in [0.2, 0.25) is 5.91 Å². The van der Waals surface area contributed by atoms with E-state index < -0.39 is 13.0 Å². The SMILES string of the molecule is CC(=O)N[C@@H](C)CO[C@H]1CC[C@H](Oc2nc3c(Cl)cc(OCC(F)F)cc3n2C)CC1. The Morgan fingerprint density at radius 2 is 1.94 bits per heavy atom. The monoisotopic (exact) mass is 459 g/mol. The summed E-state index contributed by atoms with van der Waals surface area (Å²) in [5.74, 6) is 0.196. The van der Waals surface area contributed by atoms with Gasteiger partial charge in [-0.2, -0.15) is 4.98 Å². The third kappa shape index (κ3) is 6.43. The lowest BCUT2D eigenvalue weighted by atomic mass is 9.95. The average molecular weight is 460 g/mol. The van der Waals surface area contributed by atoms with Crippen LogP contribution in [0.15, 0.2) is 12.1 Å². The zero-order chi connectivity index (χ0) is 22.5. The summed E-state index contributed by atoms with van der Waals surface area (Å²) < 4.78 is 43.7. The molecule has 1 aliphatic carbocycles. The Hall–Kier alpha value is -2.13. The van der Waals surface area contributed by atoms with Crippen molar-refractivity contribution in [3.63, 3.8) is 0 Å². The van der Waals surface area contributed by atoms with Gasteiger partial charge in [-0.15, -0.1) is 0 Å². The van der Waals surface area contributed by atoms with Crippen molar-refractivity contribution in [1.29, 1.82) is 0 Å². The number of aromatic nitrogens is 2. The highest BCUT2D eigenvalue weighted by Gasteiger charge is 2.25. The molecule has 0 spiro atoms. The molecule has 31 heavy (non-hydrogen) atoms. The van der Waals surface area contributed by atoms with Crippen LogP contribution in [0.4, 0.5) is 8.78 Å². The number of hydrogen-bond acceptors (Lipinski definition) is 5. The van der Waals surface area contributed by atoms with Gasteiger partial charge in [-0.3, -0.25) is 9.36 Å². The molecule has 1 atom stereocenters. The van der Waals surface area contributed by atoms with E-state index in [1.54, 1.807) is 17.7 Å². The molecule has 7 nitrogen and oxygen atoms in total. The van der Waals surface area contributed by atoms with Crippen molar-refractivity contribution >= 4 is 28.5 Å². The van der Waals surface area contributed by atoms with Gasteiger partial charge in [-0.25, -0.2) is 8.78 Å². The summed E-state index contributed by atoms with van der Waals surface area (Å²) in [6.45, 7) is 3.19. The largest absolute Gasteiger partial charge is 0.488 e. The fourth-order valence-corrected chi connectivity index (χ4v) is 3.93. The van der Waals surface area contributed by atoms with Crippen molar-refractivity contribution in [2.24, 2.45) is 7.05 Å². The van der Waals surface area contributed by atoms with E-state index >= 15 is 0 Å². The van der Waals surface area contributed by atoms with Crippen molar-refractivity contribution in [3.8, 4) is 11.8 Å². The number of alkyl halides is 2. The molecule has 0 saturated heterocycles. The maximum absolute atomic E-state index is 12.4. The summed E-state index contributed by atoms with van der Waals surface area (Å²) in [5, 5.41) is 3.13. The molecule has 0 aliphatic heterocycles. The molecular weight excluding hydrogens is 432 g/mol. The molecule has 3 rings (SSSR count). The Morgan fingerprint density at radius 1 is 1.26 bits per heavy atom. The van der Waals surface area contributed by atoms with Crippen LogP contribution in [0.2, 0.25) is 5.02 Å². The molecule has 0 bridgehead atoms.